The van der Waals surface area contributed by atoms with E-state index >= 15 is 0 Å². The maximum atomic E-state index is 11.1. The summed E-state index contributed by atoms with van der Waals surface area (Å²) in [5.41, 5.74) is 6.43. The molecular formula is C10H15N3O2. The third-order valence-corrected chi connectivity index (χ3v) is 2.06. The summed E-state index contributed by atoms with van der Waals surface area (Å²) in [7, 11) is 1.37. The molecule has 0 aliphatic heterocycles. The van der Waals surface area contributed by atoms with Gasteiger partial charge in [-0.15, -0.1) is 0 Å². The number of hydrogen-bond acceptors (Lipinski definition) is 5. The fourth-order valence-corrected chi connectivity index (χ4v) is 1.24. The Hall–Kier alpha value is -1.78. The second-order valence-corrected chi connectivity index (χ2v) is 3.03. The summed E-state index contributed by atoms with van der Waals surface area (Å²) in [5, 5.41) is 0. The first kappa shape index (κ1) is 11.3. The SMILES string of the molecule is CCN(CC(=O)OC)c1ccnc(N)c1. The topological polar surface area (TPSA) is 68.5 Å². The lowest BCUT2D eigenvalue weighted by atomic mass is 10.3. The molecule has 1 aromatic rings. The minimum atomic E-state index is -0.271. The molecule has 0 aromatic carbocycles. The van der Waals surface area contributed by atoms with Gasteiger partial charge in [-0.3, -0.25) is 4.79 Å². The lowest BCUT2D eigenvalue weighted by Crippen LogP contribution is -2.30. The normalized spacial score (nSPS) is 9.73. The van der Waals surface area contributed by atoms with Gasteiger partial charge in [0.15, 0.2) is 0 Å². The average Bonchev–Trinajstić information content (AvgIpc) is 2.25. The first-order valence-electron chi connectivity index (χ1n) is 4.70. The van der Waals surface area contributed by atoms with Crippen molar-refractivity contribution >= 4 is 17.5 Å². The third kappa shape index (κ3) is 3.12. The molecule has 0 spiro atoms. The van der Waals surface area contributed by atoms with Crippen molar-refractivity contribution in [3.63, 3.8) is 0 Å². The summed E-state index contributed by atoms with van der Waals surface area (Å²) >= 11 is 0. The Morgan fingerprint density at radius 1 is 1.67 bits per heavy atom. The van der Waals surface area contributed by atoms with Crippen molar-refractivity contribution in [1.82, 2.24) is 4.98 Å². The van der Waals surface area contributed by atoms with Gasteiger partial charge >= 0.3 is 5.97 Å². The average molecular weight is 209 g/mol. The third-order valence-electron chi connectivity index (χ3n) is 2.06. The van der Waals surface area contributed by atoms with Crippen LogP contribution in [-0.4, -0.2) is 31.2 Å². The van der Waals surface area contributed by atoms with E-state index in [9.17, 15) is 4.79 Å². The second kappa shape index (κ2) is 5.19. The van der Waals surface area contributed by atoms with Crippen LogP contribution in [0.4, 0.5) is 11.5 Å². The number of rotatable bonds is 4. The molecule has 15 heavy (non-hydrogen) atoms. The predicted octanol–water partition coefficient (Wildman–Crippen LogP) is 0.663. The Morgan fingerprint density at radius 2 is 2.40 bits per heavy atom. The van der Waals surface area contributed by atoms with Crippen LogP contribution in [0, 0.1) is 0 Å². The molecule has 82 valence electrons. The number of aromatic nitrogens is 1. The Labute approximate surface area is 88.9 Å². The number of nitrogens with zero attached hydrogens (tertiary/aromatic N) is 2. The fourth-order valence-electron chi connectivity index (χ4n) is 1.24. The van der Waals surface area contributed by atoms with Crippen LogP contribution in [0.25, 0.3) is 0 Å². The zero-order chi connectivity index (χ0) is 11.3. The van der Waals surface area contributed by atoms with Crippen molar-refractivity contribution in [2.75, 3.05) is 30.8 Å². The molecule has 0 radical (unpaired) electrons. The number of methoxy groups -OCH3 is 1. The van der Waals surface area contributed by atoms with Crippen LogP contribution in [0.1, 0.15) is 6.92 Å². The molecular weight excluding hydrogens is 194 g/mol. The molecule has 0 aliphatic carbocycles. The number of carbonyl (C=O) groups is 1. The van der Waals surface area contributed by atoms with Crippen LogP contribution in [0.2, 0.25) is 0 Å². The highest BCUT2D eigenvalue weighted by Crippen LogP contribution is 2.14. The largest absolute Gasteiger partial charge is 0.468 e. The number of nitrogens with two attached hydrogens (primary N) is 1. The summed E-state index contributed by atoms with van der Waals surface area (Å²) in [4.78, 5) is 16.9. The van der Waals surface area contributed by atoms with Crippen molar-refractivity contribution in [3.05, 3.63) is 18.3 Å². The molecule has 5 heteroatoms. The summed E-state index contributed by atoms with van der Waals surface area (Å²) in [6.07, 6.45) is 1.62. The van der Waals surface area contributed by atoms with Gasteiger partial charge in [0.2, 0.25) is 0 Å². The molecule has 1 heterocycles. The molecule has 1 aromatic heterocycles. The van der Waals surface area contributed by atoms with E-state index in [4.69, 9.17) is 5.73 Å². The first-order valence-corrected chi connectivity index (χ1v) is 4.70. The van der Waals surface area contributed by atoms with Gasteiger partial charge in [0.05, 0.1) is 7.11 Å². The van der Waals surface area contributed by atoms with Crippen LogP contribution in [0.15, 0.2) is 18.3 Å². The fraction of sp³-hybridized carbons (Fsp3) is 0.400. The van der Waals surface area contributed by atoms with Crippen molar-refractivity contribution < 1.29 is 9.53 Å². The number of carbonyl (C=O) groups excluding carboxylic acids is 1. The second-order valence-electron chi connectivity index (χ2n) is 3.03. The Bertz CT molecular complexity index is 341. The number of pyridine rings is 1. The van der Waals surface area contributed by atoms with E-state index in [1.165, 1.54) is 7.11 Å². The summed E-state index contributed by atoms with van der Waals surface area (Å²) < 4.78 is 4.61. The van der Waals surface area contributed by atoms with Gasteiger partial charge in [0.25, 0.3) is 0 Å². The number of nitrogen functional groups attached to an aromatic ring is 1. The standard InChI is InChI=1S/C10H15N3O2/c1-3-13(7-10(14)15-2)8-4-5-12-9(11)6-8/h4-6H,3,7H2,1-2H3,(H2,11,12). The molecule has 5 nitrogen and oxygen atoms in total. The number of hydrogen-bond donors (Lipinski definition) is 1. The van der Waals surface area contributed by atoms with Gasteiger partial charge in [0, 0.05) is 24.5 Å². The van der Waals surface area contributed by atoms with E-state index in [1.54, 1.807) is 12.3 Å². The van der Waals surface area contributed by atoms with Crippen molar-refractivity contribution in [2.24, 2.45) is 0 Å². The van der Waals surface area contributed by atoms with Crippen LogP contribution >= 0.6 is 0 Å². The molecule has 0 saturated heterocycles. The van der Waals surface area contributed by atoms with E-state index in [2.05, 4.69) is 9.72 Å². The monoisotopic (exact) mass is 209 g/mol. The molecule has 0 aliphatic rings. The van der Waals surface area contributed by atoms with Crippen molar-refractivity contribution in [1.29, 1.82) is 0 Å². The highest BCUT2D eigenvalue weighted by molar-refractivity contribution is 5.75. The number of esters is 1. The van der Waals surface area contributed by atoms with E-state index in [-0.39, 0.29) is 12.5 Å². The minimum absolute atomic E-state index is 0.219. The van der Waals surface area contributed by atoms with E-state index < -0.39 is 0 Å². The quantitative estimate of drug-likeness (QED) is 0.738. The van der Waals surface area contributed by atoms with Gasteiger partial charge < -0.3 is 15.4 Å². The van der Waals surface area contributed by atoms with Crippen molar-refractivity contribution in [3.8, 4) is 0 Å². The molecule has 0 unspecified atom stereocenters. The summed E-state index contributed by atoms with van der Waals surface area (Å²) in [6, 6.07) is 3.54. The van der Waals surface area contributed by atoms with Crippen LogP contribution in [-0.2, 0) is 9.53 Å². The predicted molar refractivity (Wildman–Crippen MR) is 58.6 cm³/mol. The molecule has 0 atom stereocenters. The molecule has 0 fully saturated rings. The number of likely N-dealkylation sites (N-methyl/N-ethyl adjacent to an activating group) is 1. The zero-order valence-corrected chi connectivity index (χ0v) is 8.93. The Kier molecular flexibility index (Phi) is 3.91. The Balaban J connectivity index is 2.78. The lowest BCUT2D eigenvalue weighted by Gasteiger charge is -2.21. The van der Waals surface area contributed by atoms with Crippen molar-refractivity contribution in [2.45, 2.75) is 6.92 Å². The van der Waals surface area contributed by atoms with Gasteiger partial charge in [-0.05, 0) is 13.0 Å². The summed E-state index contributed by atoms with van der Waals surface area (Å²) in [5.74, 6) is 0.169. The molecule has 2 N–H and O–H groups in total. The summed E-state index contributed by atoms with van der Waals surface area (Å²) in [6.45, 7) is 2.88. The van der Waals surface area contributed by atoms with Gasteiger partial charge in [-0.1, -0.05) is 0 Å². The maximum Gasteiger partial charge on any atom is 0.325 e. The van der Waals surface area contributed by atoms with E-state index in [0.29, 0.717) is 12.4 Å². The van der Waals surface area contributed by atoms with Gasteiger partial charge in [-0.25, -0.2) is 4.98 Å². The molecule has 1 rings (SSSR count). The minimum Gasteiger partial charge on any atom is -0.468 e. The maximum absolute atomic E-state index is 11.1. The van der Waals surface area contributed by atoms with Gasteiger partial charge in [0.1, 0.15) is 12.4 Å². The molecule has 0 saturated carbocycles. The zero-order valence-electron chi connectivity index (χ0n) is 8.93. The van der Waals surface area contributed by atoms with Crippen LogP contribution in [0.3, 0.4) is 0 Å². The van der Waals surface area contributed by atoms with Crippen LogP contribution in [0.5, 0.6) is 0 Å². The Morgan fingerprint density at radius 3 is 2.93 bits per heavy atom. The smallest absolute Gasteiger partial charge is 0.325 e. The lowest BCUT2D eigenvalue weighted by molar-refractivity contribution is -0.138. The first-order chi connectivity index (χ1) is 7.17. The highest BCUT2D eigenvalue weighted by Gasteiger charge is 2.09. The van der Waals surface area contributed by atoms with E-state index in [0.717, 1.165) is 5.69 Å². The van der Waals surface area contributed by atoms with Gasteiger partial charge in [-0.2, -0.15) is 0 Å². The number of ether oxygens (including phenoxy) is 1. The van der Waals surface area contributed by atoms with E-state index in [1.807, 2.05) is 17.9 Å². The molecule has 0 bridgehead atoms. The highest BCUT2D eigenvalue weighted by atomic mass is 16.5. The molecule has 0 amide bonds. The van der Waals surface area contributed by atoms with Crippen LogP contribution < -0.4 is 10.6 Å². The number of anilines is 2.